The van der Waals surface area contributed by atoms with Gasteiger partial charge in [0, 0.05) is 12.1 Å². The lowest BCUT2D eigenvalue weighted by atomic mass is 9.84. The summed E-state index contributed by atoms with van der Waals surface area (Å²) in [6.45, 7) is -1.19. The van der Waals surface area contributed by atoms with E-state index in [4.69, 9.17) is 36.1 Å². The molecule has 1 saturated carbocycles. The maximum Gasteiger partial charge on any atom is 0.187 e. The minimum absolute atomic E-state index is 0.123. The maximum absolute atomic E-state index is 10.6. The first kappa shape index (κ1) is 25.1. The molecule has 0 spiro atoms. The van der Waals surface area contributed by atoms with Crippen LogP contribution in [0, 0.1) is 0 Å². The van der Waals surface area contributed by atoms with Crippen LogP contribution >= 0.6 is 0 Å². The van der Waals surface area contributed by atoms with Crippen molar-refractivity contribution in [3.63, 3.8) is 0 Å². The van der Waals surface area contributed by atoms with Crippen LogP contribution in [-0.4, -0.2) is 135 Å². The van der Waals surface area contributed by atoms with Crippen LogP contribution in [-0.2, 0) is 18.9 Å². The second-order valence-corrected chi connectivity index (χ2v) is 8.25. The second kappa shape index (κ2) is 10.1. The SMILES string of the molecule is N[C@H]1[C@@H](O[C@H]2[C@H](O[C@@H]3O[C@H](CO)[C@H](O)[C@H]3O)[C@@H](O)[C@H](N)C[C@@H]2N)O[C@H](CO)[C@@H](O)[C@@H]1O. The Labute approximate surface area is 178 Å². The van der Waals surface area contributed by atoms with Crippen molar-refractivity contribution in [3.8, 4) is 0 Å². The number of ether oxygens (including phenoxy) is 4. The molecule has 0 aromatic rings. The standard InChI is InChI=1S/C17H33N3O11/c18-4-1-5(19)14(30-16-8(20)12(26)10(24)6(2-21)28-16)15(9(4)23)31-17-13(27)11(25)7(3-22)29-17/h4-17,21-27H,1-3,18-20H2/t4-,5+,6-,7-,8-,9+,10-,11+,12-,13-,14-,15-,16-,17+/m1/s1. The van der Waals surface area contributed by atoms with Crippen molar-refractivity contribution in [2.75, 3.05) is 13.2 Å². The monoisotopic (exact) mass is 455 g/mol. The smallest absolute Gasteiger partial charge is 0.187 e. The summed E-state index contributed by atoms with van der Waals surface area (Å²) in [4.78, 5) is 0. The van der Waals surface area contributed by atoms with Crippen molar-refractivity contribution >= 4 is 0 Å². The first-order valence-electron chi connectivity index (χ1n) is 10.1. The highest BCUT2D eigenvalue weighted by Crippen LogP contribution is 2.32. The Morgan fingerprint density at radius 1 is 0.645 bits per heavy atom. The van der Waals surface area contributed by atoms with E-state index in [2.05, 4.69) is 0 Å². The summed E-state index contributed by atoms with van der Waals surface area (Å²) in [6.07, 6.45) is -14.5. The van der Waals surface area contributed by atoms with E-state index in [0.717, 1.165) is 0 Å². The Bertz CT molecular complexity index is 590. The summed E-state index contributed by atoms with van der Waals surface area (Å²) in [5, 5.41) is 69.4. The number of rotatable bonds is 6. The highest BCUT2D eigenvalue weighted by atomic mass is 16.7. The van der Waals surface area contributed by atoms with Gasteiger partial charge in [-0.05, 0) is 6.42 Å². The first-order chi connectivity index (χ1) is 14.6. The molecular formula is C17H33N3O11. The molecule has 14 nitrogen and oxygen atoms in total. The number of aliphatic hydroxyl groups excluding tert-OH is 7. The fourth-order valence-electron chi connectivity index (χ4n) is 4.12. The van der Waals surface area contributed by atoms with E-state index in [-0.39, 0.29) is 6.42 Å². The minimum Gasteiger partial charge on any atom is -0.394 e. The van der Waals surface area contributed by atoms with E-state index in [1.54, 1.807) is 0 Å². The van der Waals surface area contributed by atoms with Crippen LogP contribution in [0.3, 0.4) is 0 Å². The molecule has 3 fully saturated rings. The van der Waals surface area contributed by atoms with Gasteiger partial charge in [0.2, 0.25) is 0 Å². The van der Waals surface area contributed by atoms with Crippen molar-refractivity contribution in [1.29, 1.82) is 0 Å². The molecular weight excluding hydrogens is 422 g/mol. The molecule has 3 aliphatic rings. The van der Waals surface area contributed by atoms with Gasteiger partial charge in [0.1, 0.15) is 48.8 Å². The van der Waals surface area contributed by atoms with E-state index in [9.17, 15) is 35.7 Å². The molecule has 3 rings (SSSR count). The van der Waals surface area contributed by atoms with Crippen LogP contribution in [0.15, 0.2) is 0 Å². The third-order valence-corrected chi connectivity index (χ3v) is 6.07. The maximum atomic E-state index is 10.6. The van der Waals surface area contributed by atoms with Gasteiger partial charge in [-0.25, -0.2) is 0 Å². The van der Waals surface area contributed by atoms with E-state index < -0.39 is 98.9 Å². The fourth-order valence-corrected chi connectivity index (χ4v) is 4.12. The van der Waals surface area contributed by atoms with Crippen LogP contribution in [0.25, 0.3) is 0 Å². The molecule has 1 aliphatic carbocycles. The van der Waals surface area contributed by atoms with Crippen LogP contribution in [0.4, 0.5) is 0 Å². The molecule has 182 valence electrons. The molecule has 2 heterocycles. The molecule has 0 aromatic heterocycles. The first-order valence-corrected chi connectivity index (χ1v) is 10.1. The molecule has 2 saturated heterocycles. The lowest BCUT2D eigenvalue weighted by molar-refractivity contribution is -0.310. The zero-order chi connectivity index (χ0) is 23.0. The van der Waals surface area contributed by atoms with Crippen LogP contribution in [0.5, 0.6) is 0 Å². The largest absolute Gasteiger partial charge is 0.394 e. The van der Waals surface area contributed by atoms with Crippen LogP contribution in [0.1, 0.15) is 6.42 Å². The average molecular weight is 455 g/mol. The highest BCUT2D eigenvalue weighted by Gasteiger charge is 2.52. The quantitative estimate of drug-likeness (QED) is 0.179. The van der Waals surface area contributed by atoms with Gasteiger partial charge in [0.25, 0.3) is 0 Å². The molecule has 31 heavy (non-hydrogen) atoms. The summed E-state index contributed by atoms with van der Waals surface area (Å²) >= 11 is 0. The fraction of sp³-hybridized carbons (Fsp3) is 1.00. The van der Waals surface area contributed by atoms with E-state index in [1.165, 1.54) is 0 Å². The van der Waals surface area contributed by atoms with Crippen molar-refractivity contribution in [2.45, 2.75) is 92.1 Å². The van der Waals surface area contributed by atoms with Gasteiger partial charge >= 0.3 is 0 Å². The van der Waals surface area contributed by atoms with E-state index in [0.29, 0.717) is 0 Å². The van der Waals surface area contributed by atoms with Gasteiger partial charge in [-0.15, -0.1) is 0 Å². The molecule has 14 heteroatoms. The summed E-state index contributed by atoms with van der Waals surface area (Å²) in [7, 11) is 0. The summed E-state index contributed by atoms with van der Waals surface area (Å²) < 4.78 is 22.2. The average Bonchev–Trinajstić information content (AvgIpc) is 3.02. The minimum atomic E-state index is -1.52. The zero-order valence-corrected chi connectivity index (χ0v) is 16.7. The van der Waals surface area contributed by atoms with Gasteiger partial charge in [-0.3, -0.25) is 0 Å². The Morgan fingerprint density at radius 2 is 1.16 bits per heavy atom. The molecule has 0 radical (unpaired) electrons. The van der Waals surface area contributed by atoms with Crippen LogP contribution in [0.2, 0.25) is 0 Å². The molecule has 13 N–H and O–H groups in total. The molecule has 0 bridgehead atoms. The lowest BCUT2D eigenvalue weighted by Crippen LogP contribution is -2.68. The normalized spacial score (nSPS) is 53.6. The van der Waals surface area contributed by atoms with Crippen LogP contribution < -0.4 is 17.2 Å². The summed E-state index contributed by atoms with van der Waals surface area (Å²) in [5.74, 6) is 0. The van der Waals surface area contributed by atoms with Crippen molar-refractivity contribution < 1.29 is 54.7 Å². The van der Waals surface area contributed by atoms with E-state index >= 15 is 0 Å². The Balaban J connectivity index is 1.78. The summed E-state index contributed by atoms with van der Waals surface area (Å²) in [5.41, 5.74) is 18.0. The molecule has 0 unspecified atom stereocenters. The highest BCUT2D eigenvalue weighted by molar-refractivity contribution is 5.01. The summed E-state index contributed by atoms with van der Waals surface area (Å²) in [6, 6.07) is -2.82. The van der Waals surface area contributed by atoms with Gasteiger partial charge in [-0.2, -0.15) is 0 Å². The van der Waals surface area contributed by atoms with Crippen molar-refractivity contribution in [1.82, 2.24) is 0 Å². The third-order valence-electron chi connectivity index (χ3n) is 6.07. The predicted molar refractivity (Wildman–Crippen MR) is 99.8 cm³/mol. The van der Waals surface area contributed by atoms with Crippen molar-refractivity contribution in [2.24, 2.45) is 17.2 Å². The number of nitrogens with two attached hydrogens (primary N) is 3. The number of hydrogen-bond acceptors (Lipinski definition) is 14. The van der Waals surface area contributed by atoms with Crippen molar-refractivity contribution in [3.05, 3.63) is 0 Å². The number of hydrogen-bond donors (Lipinski definition) is 10. The zero-order valence-electron chi connectivity index (χ0n) is 16.7. The topological polar surface area (TPSA) is 257 Å². The van der Waals surface area contributed by atoms with Gasteiger partial charge < -0.3 is 71.9 Å². The van der Waals surface area contributed by atoms with Gasteiger partial charge in [0.15, 0.2) is 12.6 Å². The Morgan fingerprint density at radius 3 is 1.74 bits per heavy atom. The van der Waals surface area contributed by atoms with Gasteiger partial charge in [0.05, 0.1) is 25.4 Å². The predicted octanol–water partition coefficient (Wildman–Crippen LogP) is -6.62. The van der Waals surface area contributed by atoms with Gasteiger partial charge in [-0.1, -0.05) is 0 Å². The Hall–Kier alpha value is -0.560. The second-order valence-electron chi connectivity index (χ2n) is 8.25. The Kier molecular flexibility index (Phi) is 8.21. The third kappa shape index (κ3) is 4.87. The molecule has 0 amide bonds. The molecule has 2 aliphatic heterocycles. The molecule has 0 aromatic carbocycles. The van der Waals surface area contributed by atoms with E-state index in [1.807, 2.05) is 0 Å². The molecule has 14 atom stereocenters. The lowest BCUT2D eigenvalue weighted by Gasteiger charge is -2.47. The number of aliphatic hydroxyl groups is 7.